The van der Waals surface area contributed by atoms with Gasteiger partial charge in [-0.05, 0) is 18.6 Å². The molecule has 90 valence electrons. The highest BCUT2D eigenvalue weighted by Crippen LogP contribution is 2.38. The first-order valence-corrected chi connectivity index (χ1v) is 5.27. The second-order valence-electron chi connectivity index (χ2n) is 3.77. The van der Waals surface area contributed by atoms with E-state index in [0.717, 1.165) is 6.07 Å². The molecule has 1 aromatic heterocycles. The van der Waals surface area contributed by atoms with Crippen molar-refractivity contribution in [1.82, 2.24) is 9.78 Å². The topological polar surface area (TPSA) is 64.1 Å². The summed E-state index contributed by atoms with van der Waals surface area (Å²) < 4.78 is 14.9. The van der Waals surface area contributed by atoms with Crippen LogP contribution in [-0.2, 0) is 7.05 Å². The van der Waals surface area contributed by atoms with E-state index < -0.39 is 11.6 Å². The van der Waals surface area contributed by atoms with E-state index in [1.807, 2.05) is 0 Å². The minimum atomic E-state index is -0.778. The fourth-order valence-electron chi connectivity index (χ4n) is 1.62. The number of rotatable bonds is 1. The average molecular weight is 256 g/mol. The second-order valence-corrected chi connectivity index (χ2v) is 4.17. The van der Waals surface area contributed by atoms with Crippen molar-refractivity contribution in [2.45, 2.75) is 6.92 Å². The highest BCUT2D eigenvalue weighted by atomic mass is 35.5. The van der Waals surface area contributed by atoms with Crippen LogP contribution in [0.4, 0.5) is 10.2 Å². The minimum Gasteiger partial charge on any atom is -0.504 e. The van der Waals surface area contributed by atoms with Crippen LogP contribution >= 0.6 is 11.6 Å². The zero-order chi connectivity index (χ0) is 12.7. The lowest BCUT2D eigenvalue weighted by molar-refractivity contribution is 0.434. The van der Waals surface area contributed by atoms with Gasteiger partial charge in [-0.1, -0.05) is 11.6 Å². The SMILES string of the molecule is Cc1c(Cl)cc(F)c(O)c1-c1cc(N)n(C)n1. The Bertz CT molecular complexity index is 549. The van der Waals surface area contributed by atoms with E-state index >= 15 is 0 Å². The van der Waals surface area contributed by atoms with Crippen LogP contribution in [-0.4, -0.2) is 14.9 Å². The van der Waals surface area contributed by atoms with E-state index in [0.29, 0.717) is 17.1 Å². The lowest BCUT2D eigenvalue weighted by Gasteiger charge is -2.08. The average Bonchev–Trinajstić information content (AvgIpc) is 2.57. The van der Waals surface area contributed by atoms with Crippen LogP contribution < -0.4 is 5.73 Å². The molecule has 0 aliphatic heterocycles. The van der Waals surface area contributed by atoms with E-state index in [9.17, 15) is 9.50 Å². The number of nitrogen functional groups attached to an aromatic ring is 1. The lowest BCUT2D eigenvalue weighted by Crippen LogP contribution is -1.97. The summed E-state index contributed by atoms with van der Waals surface area (Å²) in [6.45, 7) is 1.68. The molecule has 2 aromatic rings. The minimum absolute atomic E-state index is 0.236. The van der Waals surface area contributed by atoms with Crippen molar-refractivity contribution >= 4 is 17.4 Å². The highest BCUT2D eigenvalue weighted by Gasteiger charge is 2.18. The van der Waals surface area contributed by atoms with Gasteiger partial charge in [-0.25, -0.2) is 4.39 Å². The molecular weight excluding hydrogens is 245 g/mol. The van der Waals surface area contributed by atoms with Crippen LogP contribution in [0, 0.1) is 12.7 Å². The number of benzene rings is 1. The molecule has 0 saturated heterocycles. The summed E-state index contributed by atoms with van der Waals surface area (Å²) in [5.41, 5.74) is 6.86. The molecule has 0 amide bonds. The van der Waals surface area contributed by atoms with Crippen molar-refractivity contribution in [3.05, 3.63) is 28.5 Å². The largest absolute Gasteiger partial charge is 0.504 e. The molecule has 0 spiro atoms. The maximum atomic E-state index is 13.4. The van der Waals surface area contributed by atoms with Gasteiger partial charge in [-0.3, -0.25) is 4.68 Å². The predicted octanol–water partition coefficient (Wildman–Crippen LogP) is 2.48. The zero-order valence-corrected chi connectivity index (χ0v) is 10.1. The Morgan fingerprint density at radius 1 is 1.47 bits per heavy atom. The predicted molar refractivity (Wildman–Crippen MR) is 64.4 cm³/mol. The summed E-state index contributed by atoms with van der Waals surface area (Å²) >= 11 is 5.87. The number of nitrogens with zero attached hydrogens (tertiary/aromatic N) is 2. The van der Waals surface area contributed by atoms with Crippen molar-refractivity contribution < 1.29 is 9.50 Å². The molecular formula is C11H11ClFN3O. The first kappa shape index (κ1) is 11.7. The fraction of sp³-hybridized carbons (Fsp3) is 0.182. The molecule has 17 heavy (non-hydrogen) atoms. The Labute approximate surface area is 102 Å². The number of nitrogens with two attached hydrogens (primary N) is 1. The maximum absolute atomic E-state index is 13.4. The monoisotopic (exact) mass is 255 g/mol. The van der Waals surface area contributed by atoms with Gasteiger partial charge in [0.1, 0.15) is 5.82 Å². The van der Waals surface area contributed by atoms with Gasteiger partial charge in [-0.15, -0.1) is 0 Å². The van der Waals surface area contributed by atoms with Gasteiger partial charge in [-0.2, -0.15) is 5.10 Å². The van der Waals surface area contributed by atoms with Gasteiger partial charge in [0.05, 0.1) is 11.3 Å². The molecule has 0 aliphatic carbocycles. The number of halogens is 2. The molecule has 0 aliphatic rings. The van der Waals surface area contributed by atoms with Gasteiger partial charge in [0.15, 0.2) is 11.6 Å². The molecule has 0 bridgehead atoms. The van der Waals surface area contributed by atoms with Gasteiger partial charge >= 0.3 is 0 Å². The van der Waals surface area contributed by atoms with Crippen LogP contribution in [0.5, 0.6) is 5.75 Å². The van der Waals surface area contributed by atoms with E-state index in [2.05, 4.69) is 5.10 Å². The number of phenols is 1. The Hall–Kier alpha value is -1.75. The summed E-state index contributed by atoms with van der Waals surface area (Å²) in [6, 6.07) is 2.62. The van der Waals surface area contributed by atoms with Crippen molar-refractivity contribution in [1.29, 1.82) is 0 Å². The van der Waals surface area contributed by atoms with Gasteiger partial charge < -0.3 is 10.8 Å². The van der Waals surface area contributed by atoms with Crippen molar-refractivity contribution in [3.8, 4) is 17.0 Å². The normalized spacial score (nSPS) is 10.8. The van der Waals surface area contributed by atoms with E-state index in [-0.39, 0.29) is 10.6 Å². The van der Waals surface area contributed by atoms with E-state index in [1.54, 1.807) is 20.0 Å². The number of phenolic OH excluding ortho intramolecular Hbond substituents is 1. The molecule has 0 radical (unpaired) electrons. The standard InChI is InChI=1S/C11H11ClFN3O/c1-5-6(12)3-7(13)11(17)10(5)8-4-9(14)16(2)15-8/h3-4,17H,14H2,1-2H3. The number of anilines is 1. The first-order valence-electron chi connectivity index (χ1n) is 4.89. The van der Waals surface area contributed by atoms with Crippen molar-refractivity contribution in [2.24, 2.45) is 7.05 Å². The Morgan fingerprint density at radius 3 is 2.65 bits per heavy atom. The van der Waals surface area contributed by atoms with Crippen LogP contribution in [0.2, 0.25) is 5.02 Å². The number of hydrogen-bond acceptors (Lipinski definition) is 3. The molecule has 6 heteroatoms. The van der Waals surface area contributed by atoms with Crippen LogP contribution in [0.25, 0.3) is 11.3 Å². The van der Waals surface area contributed by atoms with Crippen molar-refractivity contribution in [3.63, 3.8) is 0 Å². The Balaban J connectivity index is 2.74. The summed E-state index contributed by atoms with van der Waals surface area (Å²) in [7, 11) is 1.66. The van der Waals surface area contributed by atoms with Crippen molar-refractivity contribution in [2.75, 3.05) is 5.73 Å². The third kappa shape index (κ3) is 1.82. The molecule has 3 N–H and O–H groups in total. The van der Waals surface area contributed by atoms with E-state index in [4.69, 9.17) is 17.3 Å². The molecule has 4 nitrogen and oxygen atoms in total. The summed E-state index contributed by atoms with van der Waals surface area (Å²) in [6.07, 6.45) is 0. The molecule has 0 atom stereocenters. The third-order valence-electron chi connectivity index (χ3n) is 2.62. The molecule has 2 rings (SSSR count). The summed E-state index contributed by atoms with van der Waals surface area (Å²) in [5.74, 6) is -0.830. The molecule has 1 heterocycles. The summed E-state index contributed by atoms with van der Waals surface area (Å²) in [4.78, 5) is 0. The molecule has 0 saturated carbocycles. The molecule has 1 aromatic carbocycles. The zero-order valence-electron chi connectivity index (χ0n) is 9.33. The molecule has 0 unspecified atom stereocenters. The lowest BCUT2D eigenvalue weighted by atomic mass is 10.0. The third-order valence-corrected chi connectivity index (χ3v) is 3.01. The summed E-state index contributed by atoms with van der Waals surface area (Å²) in [5, 5.41) is 14.1. The van der Waals surface area contributed by atoms with Gasteiger partial charge in [0.25, 0.3) is 0 Å². The van der Waals surface area contributed by atoms with Crippen LogP contribution in [0.15, 0.2) is 12.1 Å². The number of aromatic nitrogens is 2. The highest BCUT2D eigenvalue weighted by molar-refractivity contribution is 6.31. The Morgan fingerprint density at radius 2 is 2.12 bits per heavy atom. The van der Waals surface area contributed by atoms with Gasteiger partial charge in [0.2, 0.25) is 0 Å². The fourth-order valence-corrected chi connectivity index (χ4v) is 1.81. The Kier molecular flexibility index (Phi) is 2.71. The quantitative estimate of drug-likeness (QED) is 0.823. The van der Waals surface area contributed by atoms with E-state index in [1.165, 1.54) is 4.68 Å². The maximum Gasteiger partial charge on any atom is 0.167 e. The smallest absolute Gasteiger partial charge is 0.167 e. The number of aromatic hydroxyl groups is 1. The first-order chi connectivity index (χ1) is 7.91. The van der Waals surface area contributed by atoms with Crippen LogP contribution in [0.1, 0.15) is 5.56 Å². The molecule has 0 fully saturated rings. The number of aryl methyl sites for hydroxylation is 1. The number of hydrogen-bond donors (Lipinski definition) is 2. The van der Waals surface area contributed by atoms with Gasteiger partial charge in [0, 0.05) is 18.1 Å². The van der Waals surface area contributed by atoms with Crippen LogP contribution in [0.3, 0.4) is 0 Å². The second kappa shape index (κ2) is 3.92.